The average Bonchev–Trinajstić information content (AvgIpc) is 2.43. The number of nitrogens with one attached hydrogen (secondary N) is 1. The van der Waals surface area contributed by atoms with Crippen LogP contribution in [0.25, 0.3) is 0 Å². The van der Waals surface area contributed by atoms with Gasteiger partial charge in [-0.25, -0.2) is 0 Å². The SMILES string of the molecule is Cc1cccc([C@H](C)NC2CC(c3ccccc3C)C2)c1. The molecule has 1 atom stereocenters. The molecule has 21 heavy (non-hydrogen) atoms. The second-order valence-corrected chi connectivity index (χ2v) is 6.52. The highest BCUT2D eigenvalue weighted by molar-refractivity contribution is 5.31. The van der Waals surface area contributed by atoms with Gasteiger partial charge in [0.05, 0.1) is 0 Å². The third kappa shape index (κ3) is 3.19. The molecule has 1 N–H and O–H groups in total. The molecule has 110 valence electrons. The molecule has 0 amide bonds. The summed E-state index contributed by atoms with van der Waals surface area (Å²) in [6.45, 7) is 6.66. The maximum absolute atomic E-state index is 3.78. The Morgan fingerprint density at radius 2 is 1.76 bits per heavy atom. The van der Waals surface area contributed by atoms with Gasteiger partial charge in [0.1, 0.15) is 0 Å². The van der Waals surface area contributed by atoms with E-state index in [-0.39, 0.29) is 0 Å². The molecular weight excluding hydrogens is 254 g/mol. The minimum absolute atomic E-state index is 0.438. The van der Waals surface area contributed by atoms with Gasteiger partial charge in [-0.3, -0.25) is 0 Å². The van der Waals surface area contributed by atoms with Crippen LogP contribution in [-0.2, 0) is 0 Å². The summed E-state index contributed by atoms with van der Waals surface area (Å²) >= 11 is 0. The molecule has 0 aliphatic heterocycles. The molecule has 1 aliphatic rings. The molecule has 0 radical (unpaired) electrons. The Balaban J connectivity index is 1.56. The Morgan fingerprint density at radius 3 is 2.48 bits per heavy atom. The van der Waals surface area contributed by atoms with Crippen molar-refractivity contribution in [2.24, 2.45) is 0 Å². The highest BCUT2D eigenvalue weighted by atomic mass is 15.0. The summed E-state index contributed by atoms with van der Waals surface area (Å²) in [7, 11) is 0. The van der Waals surface area contributed by atoms with Gasteiger partial charge in [0, 0.05) is 12.1 Å². The van der Waals surface area contributed by atoms with E-state index < -0.39 is 0 Å². The second-order valence-electron chi connectivity index (χ2n) is 6.52. The van der Waals surface area contributed by atoms with Crippen molar-refractivity contribution in [3.05, 3.63) is 70.8 Å². The standard InChI is InChI=1S/C20H25N/c1-14-7-6-9-17(11-14)16(3)21-19-12-18(13-19)20-10-5-4-8-15(20)2/h4-11,16,18-19,21H,12-13H2,1-3H3/t16-,18?,19?/m0/s1. The van der Waals surface area contributed by atoms with Crippen LogP contribution >= 0.6 is 0 Å². The van der Waals surface area contributed by atoms with Crippen molar-refractivity contribution in [3.63, 3.8) is 0 Å². The van der Waals surface area contributed by atoms with Gasteiger partial charge < -0.3 is 5.32 Å². The van der Waals surface area contributed by atoms with Crippen molar-refractivity contribution in [1.82, 2.24) is 5.32 Å². The fourth-order valence-corrected chi connectivity index (χ4v) is 3.44. The number of benzene rings is 2. The molecule has 1 heteroatoms. The highest BCUT2D eigenvalue weighted by Gasteiger charge is 2.31. The van der Waals surface area contributed by atoms with Crippen LogP contribution in [0.15, 0.2) is 48.5 Å². The largest absolute Gasteiger partial charge is 0.307 e. The molecule has 0 aromatic heterocycles. The normalized spacial score (nSPS) is 22.6. The minimum Gasteiger partial charge on any atom is -0.307 e. The second kappa shape index (κ2) is 6.03. The van der Waals surface area contributed by atoms with Gasteiger partial charge in [-0.15, -0.1) is 0 Å². The third-order valence-corrected chi connectivity index (χ3v) is 4.79. The van der Waals surface area contributed by atoms with Gasteiger partial charge in [0.25, 0.3) is 0 Å². The number of rotatable bonds is 4. The predicted octanol–water partition coefficient (Wildman–Crippen LogP) is 4.90. The van der Waals surface area contributed by atoms with E-state index in [4.69, 9.17) is 0 Å². The summed E-state index contributed by atoms with van der Waals surface area (Å²) in [5, 5.41) is 3.78. The molecule has 0 bridgehead atoms. The van der Waals surface area contributed by atoms with Crippen molar-refractivity contribution < 1.29 is 0 Å². The summed E-state index contributed by atoms with van der Waals surface area (Å²) < 4.78 is 0. The van der Waals surface area contributed by atoms with Gasteiger partial charge in [-0.1, -0.05) is 54.1 Å². The van der Waals surface area contributed by atoms with Crippen molar-refractivity contribution in [2.75, 3.05) is 0 Å². The molecule has 0 saturated heterocycles. The van der Waals surface area contributed by atoms with Crippen LogP contribution < -0.4 is 5.32 Å². The Labute approximate surface area is 128 Å². The van der Waals surface area contributed by atoms with Crippen molar-refractivity contribution in [3.8, 4) is 0 Å². The molecule has 2 aromatic carbocycles. The van der Waals surface area contributed by atoms with E-state index in [2.05, 4.69) is 74.6 Å². The zero-order chi connectivity index (χ0) is 14.8. The van der Waals surface area contributed by atoms with Crippen LogP contribution in [-0.4, -0.2) is 6.04 Å². The molecule has 1 nitrogen and oxygen atoms in total. The van der Waals surface area contributed by atoms with E-state index in [1.54, 1.807) is 5.56 Å². The van der Waals surface area contributed by atoms with Crippen molar-refractivity contribution in [2.45, 2.75) is 51.6 Å². The number of hydrogen-bond acceptors (Lipinski definition) is 1. The van der Waals surface area contributed by atoms with Gasteiger partial charge in [-0.05, 0) is 56.2 Å². The first-order valence-electron chi connectivity index (χ1n) is 8.01. The quantitative estimate of drug-likeness (QED) is 0.839. The predicted molar refractivity (Wildman–Crippen MR) is 89.7 cm³/mol. The van der Waals surface area contributed by atoms with Crippen LogP contribution in [0, 0.1) is 13.8 Å². The first-order chi connectivity index (χ1) is 10.1. The Bertz CT molecular complexity index is 611. The van der Waals surface area contributed by atoms with Gasteiger partial charge >= 0.3 is 0 Å². The minimum atomic E-state index is 0.438. The molecule has 0 unspecified atom stereocenters. The van der Waals surface area contributed by atoms with Crippen LogP contribution in [0.2, 0.25) is 0 Å². The summed E-state index contributed by atoms with van der Waals surface area (Å²) in [6.07, 6.45) is 2.53. The number of aryl methyl sites for hydroxylation is 2. The molecular formula is C20H25N. The van der Waals surface area contributed by atoms with Crippen molar-refractivity contribution >= 4 is 0 Å². The van der Waals surface area contributed by atoms with E-state index in [0.29, 0.717) is 12.1 Å². The highest BCUT2D eigenvalue weighted by Crippen LogP contribution is 2.39. The molecule has 2 aromatic rings. The monoisotopic (exact) mass is 279 g/mol. The van der Waals surface area contributed by atoms with E-state index >= 15 is 0 Å². The zero-order valence-corrected chi connectivity index (χ0v) is 13.3. The maximum atomic E-state index is 3.78. The fraction of sp³-hybridized carbons (Fsp3) is 0.400. The summed E-state index contributed by atoms with van der Waals surface area (Å²) in [4.78, 5) is 0. The van der Waals surface area contributed by atoms with E-state index in [1.165, 1.54) is 29.5 Å². The van der Waals surface area contributed by atoms with Crippen LogP contribution in [0.3, 0.4) is 0 Å². The lowest BCUT2D eigenvalue weighted by Crippen LogP contribution is -2.41. The lowest BCUT2D eigenvalue weighted by atomic mass is 9.74. The first-order valence-corrected chi connectivity index (χ1v) is 8.01. The van der Waals surface area contributed by atoms with Gasteiger partial charge in [0.2, 0.25) is 0 Å². The maximum Gasteiger partial charge on any atom is 0.0294 e. The molecule has 0 spiro atoms. The average molecular weight is 279 g/mol. The summed E-state index contributed by atoms with van der Waals surface area (Å²) in [6, 6.07) is 18.7. The molecule has 1 fully saturated rings. The topological polar surface area (TPSA) is 12.0 Å². The van der Waals surface area contributed by atoms with E-state index in [0.717, 1.165) is 5.92 Å². The van der Waals surface area contributed by atoms with E-state index in [9.17, 15) is 0 Å². The molecule has 0 heterocycles. The van der Waals surface area contributed by atoms with Gasteiger partial charge in [-0.2, -0.15) is 0 Å². The van der Waals surface area contributed by atoms with Gasteiger partial charge in [0.15, 0.2) is 0 Å². The first kappa shape index (κ1) is 14.3. The lowest BCUT2D eigenvalue weighted by Gasteiger charge is -2.39. The summed E-state index contributed by atoms with van der Waals surface area (Å²) in [5.74, 6) is 0.744. The zero-order valence-electron chi connectivity index (χ0n) is 13.3. The van der Waals surface area contributed by atoms with Crippen LogP contribution in [0.4, 0.5) is 0 Å². The molecule has 1 saturated carbocycles. The van der Waals surface area contributed by atoms with Crippen molar-refractivity contribution in [1.29, 1.82) is 0 Å². The fourth-order valence-electron chi connectivity index (χ4n) is 3.44. The lowest BCUT2D eigenvalue weighted by molar-refractivity contribution is 0.270. The van der Waals surface area contributed by atoms with Crippen LogP contribution in [0.1, 0.15) is 54.0 Å². The van der Waals surface area contributed by atoms with E-state index in [1.807, 2.05) is 0 Å². The van der Waals surface area contributed by atoms with Crippen LogP contribution in [0.5, 0.6) is 0 Å². The number of hydrogen-bond donors (Lipinski definition) is 1. The third-order valence-electron chi connectivity index (χ3n) is 4.79. The Kier molecular flexibility index (Phi) is 4.12. The Hall–Kier alpha value is -1.60. The molecule has 1 aliphatic carbocycles. The summed E-state index contributed by atoms with van der Waals surface area (Å²) in [5.41, 5.74) is 5.72. The smallest absolute Gasteiger partial charge is 0.0294 e. The molecule has 3 rings (SSSR count). The Morgan fingerprint density at radius 1 is 1.00 bits per heavy atom.